The largest absolute Gasteiger partial charge is 0.378 e. The standard InChI is InChI=1S/C19H21N5O2/c1-23-17(22-16-3-2-8-20-18(16)23)13-21-19(25)14-4-6-15(7-5-14)24-9-11-26-12-10-24/h2-8H,9-13H2,1H3,(H,21,25). The van der Waals surface area contributed by atoms with Crippen LogP contribution in [0.25, 0.3) is 11.2 Å². The van der Waals surface area contributed by atoms with E-state index < -0.39 is 0 Å². The molecule has 26 heavy (non-hydrogen) atoms. The van der Waals surface area contributed by atoms with E-state index in [0.717, 1.165) is 49.0 Å². The first kappa shape index (κ1) is 16.5. The third kappa shape index (κ3) is 3.25. The van der Waals surface area contributed by atoms with Gasteiger partial charge in [0.05, 0.1) is 19.8 Å². The monoisotopic (exact) mass is 351 g/mol. The third-order valence-electron chi connectivity index (χ3n) is 4.63. The predicted octanol–water partition coefficient (Wildman–Crippen LogP) is 1.73. The highest BCUT2D eigenvalue weighted by Gasteiger charge is 2.13. The Morgan fingerprint density at radius 1 is 1.19 bits per heavy atom. The summed E-state index contributed by atoms with van der Waals surface area (Å²) in [5.74, 6) is 0.663. The number of nitrogens with zero attached hydrogens (tertiary/aromatic N) is 4. The summed E-state index contributed by atoms with van der Waals surface area (Å²) in [5, 5.41) is 2.93. The molecule has 1 saturated heterocycles. The summed E-state index contributed by atoms with van der Waals surface area (Å²) in [4.78, 5) is 23.5. The normalized spacial score (nSPS) is 14.6. The molecule has 1 aliphatic heterocycles. The summed E-state index contributed by atoms with van der Waals surface area (Å²) in [6, 6.07) is 11.5. The summed E-state index contributed by atoms with van der Waals surface area (Å²) in [5.41, 5.74) is 3.39. The molecule has 134 valence electrons. The quantitative estimate of drug-likeness (QED) is 0.775. The predicted molar refractivity (Wildman–Crippen MR) is 99.2 cm³/mol. The number of amides is 1. The lowest BCUT2D eigenvalue weighted by Gasteiger charge is -2.28. The number of benzene rings is 1. The second-order valence-electron chi connectivity index (χ2n) is 6.26. The summed E-state index contributed by atoms with van der Waals surface area (Å²) >= 11 is 0. The number of pyridine rings is 1. The molecule has 7 heteroatoms. The highest BCUT2D eigenvalue weighted by Crippen LogP contribution is 2.17. The molecule has 0 spiro atoms. The zero-order valence-corrected chi connectivity index (χ0v) is 14.7. The van der Waals surface area contributed by atoms with E-state index in [1.807, 2.05) is 48.0 Å². The molecule has 1 fully saturated rings. The van der Waals surface area contributed by atoms with Crippen LogP contribution in [0.2, 0.25) is 0 Å². The first-order chi connectivity index (χ1) is 12.7. The van der Waals surface area contributed by atoms with E-state index in [-0.39, 0.29) is 5.91 Å². The van der Waals surface area contributed by atoms with Crippen LogP contribution in [0, 0.1) is 0 Å². The molecule has 1 aliphatic rings. The fraction of sp³-hybridized carbons (Fsp3) is 0.316. The number of carbonyl (C=O) groups is 1. The zero-order valence-electron chi connectivity index (χ0n) is 14.7. The second kappa shape index (κ2) is 7.13. The van der Waals surface area contributed by atoms with Crippen molar-refractivity contribution in [3.05, 3.63) is 54.0 Å². The van der Waals surface area contributed by atoms with Crippen LogP contribution < -0.4 is 10.2 Å². The Bertz CT molecular complexity index is 913. The Morgan fingerprint density at radius 3 is 2.69 bits per heavy atom. The Balaban J connectivity index is 1.42. The van der Waals surface area contributed by atoms with Gasteiger partial charge >= 0.3 is 0 Å². The third-order valence-corrected chi connectivity index (χ3v) is 4.63. The summed E-state index contributed by atoms with van der Waals surface area (Å²) in [6.07, 6.45) is 1.74. The number of carbonyl (C=O) groups excluding carboxylic acids is 1. The van der Waals surface area contributed by atoms with E-state index >= 15 is 0 Å². The number of morpholine rings is 1. The van der Waals surface area contributed by atoms with Crippen molar-refractivity contribution in [3.8, 4) is 0 Å². The van der Waals surface area contributed by atoms with Gasteiger partial charge in [-0.25, -0.2) is 9.97 Å². The van der Waals surface area contributed by atoms with E-state index in [0.29, 0.717) is 12.1 Å². The molecule has 0 atom stereocenters. The average Bonchev–Trinajstić information content (AvgIpc) is 3.03. The van der Waals surface area contributed by atoms with Crippen LogP contribution in [0.1, 0.15) is 16.2 Å². The SMILES string of the molecule is Cn1c(CNC(=O)c2ccc(N3CCOCC3)cc2)nc2cccnc21. The van der Waals surface area contributed by atoms with Crippen molar-refractivity contribution in [2.24, 2.45) is 7.05 Å². The number of fused-ring (bicyclic) bond motifs is 1. The number of anilines is 1. The number of ether oxygens (including phenoxy) is 1. The fourth-order valence-corrected chi connectivity index (χ4v) is 3.14. The number of nitrogens with one attached hydrogen (secondary N) is 1. The molecule has 4 rings (SSSR count). The number of hydrogen-bond acceptors (Lipinski definition) is 5. The highest BCUT2D eigenvalue weighted by molar-refractivity contribution is 5.94. The first-order valence-corrected chi connectivity index (χ1v) is 8.69. The number of imidazole rings is 1. The van der Waals surface area contributed by atoms with Gasteiger partial charge in [0.2, 0.25) is 0 Å². The molecule has 0 bridgehead atoms. The van der Waals surface area contributed by atoms with Gasteiger partial charge in [0.1, 0.15) is 11.3 Å². The maximum absolute atomic E-state index is 12.4. The molecule has 1 N–H and O–H groups in total. The lowest BCUT2D eigenvalue weighted by atomic mass is 10.1. The molecule has 0 saturated carbocycles. The van der Waals surface area contributed by atoms with E-state index in [2.05, 4.69) is 20.2 Å². The minimum absolute atomic E-state index is 0.112. The molecule has 0 radical (unpaired) electrons. The van der Waals surface area contributed by atoms with Crippen LogP contribution in [-0.4, -0.2) is 46.7 Å². The number of aromatic nitrogens is 3. The van der Waals surface area contributed by atoms with E-state index in [1.165, 1.54) is 0 Å². The van der Waals surface area contributed by atoms with Crippen LogP contribution in [0.3, 0.4) is 0 Å². The molecule has 3 heterocycles. The van der Waals surface area contributed by atoms with E-state index in [1.54, 1.807) is 6.20 Å². The van der Waals surface area contributed by atoms with Crippen LogP contribution in [-0.2, 0) is 18.3 Å². The van der Waals surface area contributed by atoms with Crippen molar-refractivity contribution < 1.29 is 9.53 Å². The van der Waals surface area contributed by atoms with Crippen LogP contribution >= 0.6 is 0 Å². The molecular formula is C19H21N5O2. The van der Waals surface area contributed by atoms with E-state index in [9.17, 15) is 4.79 Å². The maximum atomic E-state index is 12.4. The van der Waals surface area contributed by atoms with Gasteiger partial charge in [0.25, 0.3) is 5.91 Å². The molecule has 1 amide bonds. The molecule has 3 aromatic rings. The molecule has 0 unspecified atom stereocenters. The molecule has 0 aliphatic carbocycles. The van der Waals surface area contributed by atoms with Gasteiger partial charge in [-0.1, -0.05) is 0 Å². The molecular weight excluding hydrogens is 330 g/mol. The Labute approximate surface area is 151 Å². The zero-order chi connectivity index (χ0) is 17.9. The number of aryl methyl sites for hydroxylation is 1. The molecule has 1 aromatic carbocycles. The maximum Gasteiger partial charge on any atom is 0.251 e. The van der Waals surface area contributed by atoms with Gasteiger partial charge in [0.15, 0.2) is 5.65 Å². The van der Waals surface area contributed by atoms with Crippen molar-refractivity contribution in [3.63, 3.8) is 0 Å². The fourth-order valence-electron chi connectivity index (χ4n) is 3.14. The van der Waals surface area contributed by atoms with Gasteiger partial charge in [-0.2, -0.15) is 0 Å². The van der Waals surface area contributed by atoms with Crippen molar-refractivity contribution in [1.29, 1.82) is 0 Å². The lowest BCUT2D eigenvalue weighted by Crippen LogP contribution is -2.36. The number of hydrogen-bond donors (Lipinski definition) is 1. The van der Waals surface area contributed by atoms with Gasteiger partial charge in [-0.15, -0.1) is 0 Å². The summed E-state index contributed by atoms with van der Waals surface area (Å²) in [7, 11) is 1.90. The smallest absolute Gasteiger partial charge is 0.251 e. The van der Waals surface area contributed by atoms with Gasteiger partial charge in [0, 0.05) is 37.6 Å². The topological polar surface area (TPSA) is 72.3 Å². The number of rotatable bonds is 4. The Kier molecular flexibility index (Phi) is 4.53. The summed E-state index contributed by atoms with van der Waals surface area (Å²) in [6.45, 7) is 3.61. The van der Waals surface area contributed by atoms with Crippen LogP contribution in [0.15, 0.2) is 42.6 Å². The average molecular weight is 351 g/mol. The Hall–Kier alpha value is -2.93. The van der Waals surface area contributed by atoms with Gasteiger partial charge in [-0.3, -0.25) is 4.79 Å². The second-order valence-corrected chi connectivity index (χ2v) is 6.26. The van der Waals surface area contributed by atoms with Gasteiger partial charge < -0.3 is 19.5 Å². The molecule has 2 aromatic heterocycles. The minimum atomic E-state index is -0.112. The van der Waals surface area contributed by atoms with E-state index in [4.69, 9.17) is 4.74 Å². The minimum Gasteiger partial charge on any atom is -0.378 e. The van der Waals surface area contributed by atoms with Crippen LogP contribution in [0.5, 0.6) is 0 Å². The lowest BCUT2D eigenvalue weighted by molar-refractivity contribution is 0.0949. The summed E-state index contributed by atoms with van der Waals surface area (Å²) < 4.78 is 7.27. The van der Waals surface area contributed by atoms with Crippen molar-refractivity contribution in [2.75, 3.05) is 31.2 Å². The molecule has 7 nitrogen and oxygen atoms in total. The highest BCUT2D eigenvalue weighted by atomic mass is 16.5. The Morgan fingerprint density at radius 2 is 1.96 bits per heavy atom. The van der Waals surface area contributed by atoms with Crippen molar-refractivity contribution in [1.82, 2.24) is 19.9 Å². The van der Waals surface area contributed by atoms with Crippen LogP contribution in [0.4, 0.5) is 5.69 Å². The van der Waals surface area contributed by atoms with Gasteiger partial charge in [-0.05, 0) is 36.4 Å². The van der Waals surface area contributed by atoms with Crippen molar-refractivity contribution >= 4 is 22.8 Å². The first-order valence-electron chi connectivity index (χ1n) is 8.69. The van der Waals surface area contributed by atoms with Crippen molar-refractivity contribution in [2.45, 2.75) is 6.54 Å².